The third-order valence-corrected chi connectivity index (χ3v) is 5.66. The van der Waals surface area contributed by atoms with E-state index in [1.165, 1.54) is 24.3 Å². The molecule has 1 fully saturated rings. The van der Waals surface area contributed by atoms with Gasteiger partial charge in [-0.2, -0.15) is 0 Å². The third kappa shape index (κ3) is 2.84. The van der Waals surface area contributed by atoms with Crippen molar-refractivity contribution in [3.63, 3.8) is 0 Å². The molecule has 6 N–H and O–H groups in total. The molecule has 2 aromatic carbocycles. The Morgan fingerprint density at radius 3 is 2.42 bits per heavy atom. The number of aromatic hydroxyl groups is 3. The SMILES string of the molecule is O=c1cc(-c2ccc(O)c(O)c2)oc2c3c(cc(O)c12)O[C@H]1[C@@H](O)[C@H](O)[C@@H](CO)O[C@@H]31. The maximum Gasteiger partial charge on any atom is 0.197 e. The highest BCUT2D eigenvalue weighted by atomic mass is 16.6. The van der Waals surface area contributed by atoms with Crippen molar-refractivity contribution in [1.29, 1.82) is 0 Å². The van der Waals surface area contributed by atoms with Crippen LogP contribution >= 0.6 is 0 Å². The minimum absolute atomic E-state index is 0.0409. The maximum atomic E-state index is 12.8. The summed E-state index contributed by atoms with van der Waals surface area (Å²) in [6.07, 6.45) is -5.93. The second-order valence-electron chi connectivity index (χ2n) is 7.53. The molecule has 1 aromatic heterocycles. The van der Waals surface area contributed by atoms with Crippen LogP contribution in [-0.4, -0.2) is 61.7 Å². The minimum atomic E-state index is -1.40. The van der Waals surface area contributed by atoms with Gasteiger partial charge in [-0.1, -0.05) is 0 Å². The molecule has 3 aromatic rings. The molecule has 5 rings (SSSR count). The van der Waals surface area contributed by atoms with E-state index in [2.05, 4.69) is 0 Å². The third-order valence-electron chi connectivity index (χ3n) is 5.66. The Hall–Kier alpha value is -3.31. The highest BCUT2D eigenvalue weighted by molar-refractivity contribution is 5.90. The zero-order valence-corrected chi connectivity index (χ0v) is 15.8. The summed E-state index contributed by atoms with van der Waals surface area (Å²) in [7, 11) is 0. The molecule has 0 unspecified atom stereocenters. The van der Waals surface area contributed by atoms with Crippen molar-refractivity contribution in [3.05, 3.63) is 46.1 Å². The maximum absolute atomic E-state index is 12.8. The zero-order valence-electron chi connectivity index (χ0n) is 15.8. The summed E-state index contributed by atoms with van der Waals surface area (Å²) in [5.74, 6) is -1.03. The summed E-state index contributed by atoms with van der Waals surface area (Å²) in [6, 6.07) is 6.20. The Morgan fingerprint density at radius 1 is 0.935 bits per heavy atom. The monoisotopic (exact) mass is 430 g/mol. The molecule has 31 heavy (non-hydrogen) atoms. The van der Waals surface area contributed by atoms with E-state index in [1.807, 2.05) is 0 Å². The van der Waals surface area contributed by atoms with Crippen molar-refractivity contribution in [2.45, 2.75) is 30.5 Å². The number of rotatable bonds is 2. The van der Waals surface area contributed by atoms with E-state index in [9.17, 15) is 35.4 Å². The molecule has 0 aliphatic carbocycles. The zero-order chi connectivity index (χ0) is 22.0. The molecule has 1 saturated heterocycles. The summed E-state index contributed by atoms with van der Waals surface area (Å²) in [5.41, 5.74) is -0.111. The standard InChI is InChI=1S/C21H18O10/c22-6-14-17(27)18(28)21-20(31-14)16-13(30-21)5-11(26)15-10(25)4-12(29-19(15)16)7-1-2-8(23)9(24)3-7/h1-5,14,17-18,20-24,26-28H,6H2/t14-,17-,18+,20+,21+/m1/s1. The lowest BCUT2D eigenvalue weighted by atomic mass is 9.92. The minimum Gasteiger partial charge on any atom is -0.507 e. The van der Waals surface area contributed by atoms with Gasteiger partial charge in [0.1, 0.15) is 47.1 Å². The quantitative estimate of drug-likeness (QED) is 0.315. The second kappa shape index (κ2) is 6.86. The van der Waals surface area contributed by atoms with Crippen LogP contribution < -0.4 is 10.2 Å². The Bertz CT molecular complexity index is 1250. The summed E-state index contributed by atoms with van der Waals surface area (Å²) in [4.78, 5) is 12.8. The molecule has 3 heterocycles. The summed E-state index contributed by atoms with van der Waals surface area (Å²) in [6.45, 7) is -0.561. The van der Waals surface area contributed by atoms with Gasteiger partial charge in [-0.15, -0.1) is 0 Å². The number of ether oxygens (including phenoxy) is 2. The second-order valence-corrected chi connectivity index (χ2v) is 7.53. The first-order chi connectivity index (χ1) is 14.8. The molecule has 0 radical (unpaired) electrons. The lowest BCUT2D eigenvalue weighted by Gasteiger charge is -2.38. The first-order valence-corrected chi connectivity index (χ1v) is 9.45. The molecule has 2 aliphatic rings. The Kier molecular flexibility index (Phi) is 4.34. The van der Waals surface area contributed by atoms with Crippen LogP contribution in [-0.2, 0) is 4.74 Å². The fourth-order valence-corrected chi connectivity index (χ4v) is 4.10. The van der Waals surface area contributed by atoms with Crippen molar-refractivity contribution >= 4 is 11.0 Å². The Labute approximate surface area is 173 Å². The normalized spacial score (nSPS) is 27.0. The van der Waals surface area contributed by atoms with Gasteiger partial charge in [-0.25, -0.2) is 0 Å². The number of hydrogen-bond donors (Lipinski definition) is 6. The molecular weight excluding hydrogens is 412 g/mol. The highest BCUT2D eigenvalue weighted by Crippen LogP contribution is 2.50. The van der Waals surface area contributed by atoms with E-state index in [4.69, 9.17) is 13.9 Å². The van der Waals surface area contributed by atoms with E-state index in [-0.39, 0.29) is 39.4 Å². The molecule has 10 heteroatoms. The first-order valence-electron chi connectivity index (χ1n) is 9.45. The van der Waals surface area contributed by atoms with Crippen molar-refractivity contribution < 1.29 is 44.5 Å². The molecule has 162 valence electrons. The van der Waals surface area contributed by atoms with Gasteiger partial charge in [0.05, 0.1) is 12.2 Å². The Morgan fingerprint density at radius 2 is 1.71 bits per heavy atom. The molecule has 0 saturated carbocycles. The summed E-state index contributed by atoms with van der Waals surface area (Å²) < 4.78 is 17.3. The van der Waals surface area contributed by atoms with Crippen LogP contribution in [0.25, 0.3) is 22.3 Å². The van der Waals surface area contributed by atoms with Crippen molar-refractivity contribution in [2.75, 3.05) is 6.61 Å². The molecule has 10 nitrogen and oxygen atoms in total. The van der Waals surface area contributed by atoms with Gasteiger partial charge in [0.2, 0.25) is 0 Å². The summed E-state index contributed by atoms with van der Waals surface area (Å²) in [5, 5.41) is 59.6. The Balaban J connectivity index is 1.73. The van der Waals surface area contributed by atoms with Crippen molar-refractivity contribution in [3.8, 4) is 34.3 Å². The van der Waals surface area contributed by atoms with Crippen LogP contribution in [0, 0.1) is 0 Å². The van der Waals surface area contributed by atoms with Crippen LogP contribution in [0.4, 0.5) is 0 Å². The predicted molar refractivity (Wildman–Crippen MR) is 104 cm³/mol. The van der Waals surface area contributed by atoms with E-state index in [1.54, 1.807) is 0 Å². The topological polar surface area (TPSA) is 170 Å². The molecular formula is C21H18O10. The van der Waals surface area contributed by atoms with Crippen LogP contribution in [0.2, 0.25) is 0 Å². The number of hydrogen-bond acceptors (Lipinski definition) is 10. The molecule has 5 atom stereocenters. The molecule has 2 aliphatic heterocycles. The lowest BCUT2D eigenvalue weighted by Crippen LogP contribution is -2.55. The fraction of sp³-hybridized carbons (Fsp3) is 0.286. The lowest BCUT2D eigenvalue weighted by molar-refractivity contribution is -0.215. The molecule has 0 bridgehead atoms. The van der Waals surface area contributed by atoms with Gasteiger partial charge in [-0.3, -0.25) is 4.79 Å². The number of fused-ring (bicyclic) bond motifs is 5. The van der Waals surface area contributed by atoms with E-state index in [0.717, 1.165) is 6.07 Å². The number of aliphatic hydroxyl groups excluding tert-OH is 3. The van der Waals surface area contributed by atoms with Crippen molar-refractivity contribution in [1.82, 2.24) is 0 Å². The molecule has 0 amide bonds. The van der Waals surface area contributed by atoms with E-state index in [0.29, 0.717) is 0 Å². The van der Waals surface area contributed by atoms with Crippen LogP contribution in [0.1, 0.15) is 11.7 Å². The van der Waals surface area contributed by atoms with Crippen molar-refractivity contribution in [2.24, 2.45) is 0 Å². The van der Waals surface area contributed by atoms with Crippen LogP contribution in [0.15, 0.2) is 39.5 Å². The average molecular weight is 430 g/mol. The number of phenols is 3. The fourth-order valence-electron chi connectivity index (χ4n) is 4.10. The van der Waals surface area contributed by atoms with Gasteiger partial charge >= 0.3 is 0 Å². The highest BCUT2D eigenvalue weighted by Gasteiger charge is 2.52. The van der Waals surface area contributed by atoms with Gasteiger partial charge in [-0.05, 0) is 18.2 Å². The first kappa shape index (κ1) is 19.6. The predicted octanol–water partition coefficient (Wildman–Crippen LogP) is 0.492. The molecule has 0 spiro atoms. The van der Waals surface area contributed by atoms with Gasteiger partial charge < -0.3 is 44.5 Å². The number of aliphatic hydroxyl groups is 3. The van der Waals surface area contributed by atoms with E-state index >= 15 is 0 Å². The van der Waals surface area contributed by atoms with E-state index < -0.39 is 54.1 Å². The summed E-state index contributed by atoms with van der Waals surface area (Å²) >= 11 is 0. The van der Waals surface area contributed by atoms with Crippen LogP contribution in [0.5, 0.6) is 23.0 Å². The van der Waals surface area contributed by atoms with Gasteiger partial charge in [0.25, 0.3) is 0 Å². The smallest absolute Gasteiger partial charge is 0.197 e. The largest absolute Gasteiger partial charge is 0.507 e. The van der Waals surface area contributed by atoms with Gasteiger partial charge in [0.15, 0.2) is 28.6 Å². The number of benzene rings is 2. The van der Waals surface area contributed by atoms with Gasteiger partial charge in [0, 0.05) is 17.7 Å². The number of phenolic OH excluding ortho intramolecular Hbond substituents is 3. The average Bonchev–Trinajstić information content (AvgIpc) is 3.10. The van der Waals surface area contributed by atoms with Crippen LogP contribution in [0.3, 0.4) is 0 Å².